The molecule has 0 spiro atoms. The molecule has 1 amide bonds. The topological polar surface area (TPSA) is 133 Å². The molecule has 2 aromatic rings. The number of benzene rings is 2. The van der Waals surface area contributed by atoms with E-state index in [1.165, 1.54) is 5.48 Å². The first-order valence-electron chi connectivity index (χ1n) is 10.5. The van der Waals surface area contributed by atoms with Gasteiger partial charge in [-0.1, -0.05) is 0 Å². The number of halogens is 4. The summed E-state index contributed by atoms with van der Waals surface area (Å²) >= 11 is 0. The number of carbonyl (C=O) groups excluding carboxylic acids is 1. The second-order valence-electron chi connectivity index (χ2n) is 8.45. The van der Waals surface area contributed by atoms with Crippen molar-refractivity contribution in [2.24, 2.45) is 0 Å². The van der Waals surface area contributed by atoms with Gasteiger partial charge < -0.3 is 4.74 Å². The molecular formula is C21H23F4N3O7S2. The molecule has 16 heteroatoms. The summed E-state index contributed by atoms with van der Waals surface area (Å²) in [6.07, 6.45) is -3.84. The van der Waals surface area contributed by atoms with Gasteiger partial charge in [0, 0.05) is 25.2 Å². The molecule has 204 valence electrons. The summed E-state index contributed by atoms with van der Waals surface area (Å²) in [5, 5.41) is 9.17. The van der Waals surface area contributed by atoms with E-state index in [2.05, 4.69) is 0 Å². The highest BCUT2D eigenvalue weighted by atomic mass is 32.2. The van der Waals surface area contributed by atoms with Crippen molar-refractivity contribution in [1.29, 1.82) is 0 Å². The fraction of sp³-hybridized carbons (Fsp3) is 0.381. The number of hydrogen-bond acceptors (Lipinski definition) is 7. The van der Waals surface area contributed by atoms with Crippen molar-refractivity contribution in [2.75, 3.05) is 25.9 Å². The molecule has 0 bridgehead atoms. The first-order chi connectivity index (χ1) is 17.0. The van der Waals surface area contributed by atoms with Crippen LogP contribution in [0.4, 0.5) is 17.6 Å². The van der Waals surface area contributed by atoms with Crippen molar-refractivity contribution in [1.82, 2.24) is 14.1 Å². The van der Waals surface area contributed by atoms with Crippen LogP contribution in [-0.4, -0.2) is 68.0 Å². The van der Waals surface area contributed by atoms with Crippen molar-refractivity contribution in [2.45, 2.75) is 30.1 Å². The number of nitrogens with one attached hydrogen (secondary N) is 1. The average molecular weight is 570 g/mol. The third kappa shape index (κ3) is 6.04. The van der Waals surface area contributed by atoms with Gasteiger partial charge in [0.15, 0.2) is 0 Å². The highest BCUT2D eigenvalue weighted by Gasteiger charge is 2.51. The Kier molecular flexibility index (Phi) is 7.91. The van der Waals surface area contributed by atoms with E-state index in [0.717, 1.165) is 46.1 Å². The molecule has 37 heavy (non-hydrogen) atoms. The molecule has 10 nitrogen and oxygen atoms in total. The minimum absolute atomic E-state index is 0.0194. The molecule has 1 aliphatic heterocycles. The van der Waals surface area contributed by atoms with Crippen LogP contribution in [0.2, 0.25) is 0 Å². The largest absolute Gasteiger partial charge is 0.489 e. The van der Waals surface area contributed by atoms with E-state index in [4.69, 9.17) is 4.74 Å². The zero-order valence-electron chi connectivity index (χ0n) is 19.5. The minimum atomic E-state index is -4.74. The van der Waals surface area contributed by atoms with Crippen molar-refractivity contribution in [3.63, 3.8) is 0 Å². The van der Waals surface area contributed by atoms with E-state index in [1.54, 1.807) is 0 Å². The van der Waals surface area contributed by atoms with E-state index in [0.29, 0.717) is 18.2 Å². The lowest BCUT2D eigenvalue weighted by molar-refractivity contribution is -0.140. The third-order valence-corrected chi connectivity index (χ3v) is 9.11. The molecule has 1 unspecified atom stereocenters. The van der Waals surface area contributed by atoms with Gasteiger partial charge in [-0.2, -0.15) is 21.8 Å². The van der Waals surface area contributed by atoms with E-state index in [1.807, 2.05) is 0 Å². The molecule has 1 aliphatic rings. The minimum Gasteiger partial charge on any atom is -0.489 e. The van der Waals surface area contributed by atoms with Gasteiger partial charge in [-0.15, -0.1) is 0 Å². The van der Waals surface area contributed by atoms with E-state index in [9.17, 15) is 44.4 Å². The lowest BCUT2D eigenvalue weighted by Gasteiger charge is -2.45. The van der Waals surface area contributed by atoms with Gasteiger partial charge in [0.05, 0.1) is 16.7 Å². The monoisotopic (exact) mass is 569 g/mol. The second kappa shape index (κ2) is 10.2. The molecule has 0 radical (unpaired) electrons. The Morgan fingerprint density at radius 3 is 2.27 bits per heavy atom. The smallest absolute Gasteiger partial charge is 0.416 e. The van der Waals surface area contributed by atoms with Crippen LogP contribution in [0.3, 0.4) is 0 Å². The molecule has 1 atom stereocenters. The highest BCUT2D eigenvalue weighted by Crippen LogP contribution is 2.34. The van der Waals surface area contributed by atoms with Crippen LogP contribution in [0.25, 0.3) is 0 Å². The van der Waals surface area contributed by atoms with Gasteiger partial charge >= 0.3 is 6.18 Å². The van der Waals surface area contributed by atoms with Crippen LogP contribution >= 0.6 is 0 Å². The molecule has 1 heterocycles. The number of hydrogen-bond donors (Lipinski definition) is 2. The number of nitrogens with zero attached hydrogens (tertiary/aromatic N) is 2. The SMILES string of the molecule is CC1(C(=O)NO)CN(S(C)(=O)=O)CCN1S(=O)(=O)c1ccc(OCc2cc(F)ccc2C(F)(F)F)cc1. The summed E-state index contributed by atoms with van der Waals surface area (Å²) in [6, 6.07) is 6.44. The van der Waals surface area contributed by atoms with Crippen molar-refractivity contribution in [3.8, 4) is 5.75 Å². The van der Waals surface area contributed by atoms with Crippen LogP contribution < -0.4 is 10.2 Å². The fourth-order valence-corrected chi connectivity index (χ4v) is 6.51. The van der Waals surface area contributed by atoms with Gasteiger partial charge in [0.25, 0.3) is 5.91 Å². The van der Waals surface area contributed by atoms with Crippen molar-refractivity contribution >= 4 is 26.0 Å². The quantitative estimate of drug-likeness (QED) is 0.296. The lowest BCUT2D eigenvalue weighted by Crippen LogP contribution is -2.68. The molecule has 0 aromatic heterocycles. The number of ether oxygens (including phenoxy) is 1. The number of sulfonamides is 2. The predicted molar refractivity (Wildman–Crippen MR) is 121 cm³/mol. The van der Waals surface area contributed by atoms with Crippen LogP contribution in [0.15, 0.2) is 47.4 Å². The molecule has 3 rings (SSSR count). The first-order valence-corrected chi connectivity index (χ1v) is 13.8. The molecule has 1 fully saturated rings. The highest BCUT2D eigenvalue weighted by molar-refractivity contribution is 7.89. The molecule has 2 aromatic carbocycles. The Bertz CT molecular complexity index is 1380. The number of hydroxylamine groups is 1. The van der Waals surface area contributed by atoms with Crippen LogP contribution in [0.5, 0.6) is 5.75 Å². The van der Waals surface area contributed by atoms with Gasteiger partial charge in [-0.05, 0) is 49.4 Å². The van der Waals surface area contributed by atoms with Crippen LogP contribution in [0, 0.1) is 5.82 Å². The Labute approximate surface area is 210 Å². The van der Waals surface area contributed by atoms with Gasteiger partial charge in [-0.3, -0.25) is 10.0 Å². The normalized spacial score (nSPS) is 20.0. The molecule has 2 N–H and O–H groups in total. The first kappa shape index (κ1) is 28.8. The second-order valence-corrected chi connectivity index (χ2v) is 12.3. The summed E-state index contributed by atoms with van der Waals surface area (Å²) in [5.74, 6) is -2.06. The number of alkyl halides is 3. The molecule has 1 saturated heterocycles. The summed E-state index contributed by atoms with van der Waals surface area (Å²) in [7, 11) is -8.21. The number of amides is 1. The Morgan fingerprint density at radius 2 is 1.73 bits per heavy atom. The number of rotatable bonds is 7. The van der Waals surface area contributed by atoms with Crippen molar-refractivity contribution < 1.29 is 49.1 Å². The van der Waals surface area contributed by atoms with E-state index < -0.39 is 74.3 Å². The maximum absolute atomic E-state index is 13.5. The lowest BCUT2D eigenvalue weighted by atomic mass is 9.99. The van der Waals surface area contributed by atoms with Crippen molar-refractivity contribution in [3.05, 3.63) is 59.4 Å². The van der Waals surface area contributed by atoms with E-state index in [-0.39, 0.29) is 17.2 Å². The Hall–Kier alpha value is -2.79. The van der Waals surface area contributed by atoms with Gasteiger partial charge in [0.1, 0.15) is 23.7 Å². The van der Waals surface area contributed by atoms with E-state index >= 15 is 0 Å². The van der Waals surface area contributed by atoms with Crippen LogP contribution in [-0.2, 0) is 37.6 Å². The molecular weight excluding hydrogens is 546 g/mol. The number of piperazine rings is 1. The summed E-state index contributed by atoms with van der Waals surface area (Å²) in [5.41, 5.74) is -2.18. The predicted octanol–water partition coefficient (Wildman–Crippen LogP) is 1.95. The maximum atomic E-state index is 13.5. The maximum Gasteiger partial charge on any atom is 0.416 e. The Balaban J connectivity index is 1.85. The summed E-state index contributed by atoms with van der Waals surface area (Å²) in [4.78, 5) is 12.1. The summed E-state index contributed by atoms with van der Waals surface area (Å²) in [6.45, 7) is -0.711. The van der Waals surface area contributed by atoms with Gasteiger partial charge in [0.2, 0.25) is 20.0 Å². The molecule has 0 aliphatic carbocycles. The van der Waals surface area contributed by atoms with Crippen LogP contribution in [0.1, 0.15) is 18.1 Å². The zero-order valence-corrected chi connectivity index (χ0v) is 21.1. The standard InChI is InChI=1S/C21H23F4N3O7S2/c1-20(19(29)26-30)13-27(36(2,31)32)9-10-28(20)37(33,34)17-6-4-16(5-7-17)35-12-14-11-15(22)3-8-18(14)21(23,24)25/h3-8,11,30H,9-10,12-13H2,1-2H3,(H,26,29). The average Bonchev–Trinajstić information content (AvgIpc) is 2.80. The molecule has 0 saturated carbocycles. The number of carbonyl (C=O) groups is 1. The Morgan fingerprint density at radius 1 is 1.11 bits per heavy atom. The fourth-order valence-electron chi connectivity index (χ4n) is 3.88. The van der Waals surface area contributed by atoms with Gasteiger partial charge in [-0.25, -0.2) is 26.7 Å². The zero-order chi connectivity index (χ0) is 27.8. The summed E-state index contributed by atoms with van der Waals surface area (Å²) < 4.78 is 111. The third-order valence-electron chi connectivity index (χ3n) is 5.83.